The molecule has 2 amide bonds. The summed E-state index contributed by atoms with van der Waals surface area (Å²) in [5.74, 6) is -2.49. The van der Waals surface area contributed by atoms with Gasteiger partial charge in [0.05, 0.1) is 24.5 Å². The molecule has 9 heteroatoms. The Morgan fingerprint density at radius 2 is 2.06 bits per heavy atom. The van der Waals surface area contributed by atoms with Gasteiger partial charge >= 0.3 is 5.97 Å². The fraction of sp³-hybridized carbons (Fsp3) is 0.609. The van der Waals surface area contributed by atoms with Crippen LogP contribution in [0.1, 0.15) is 31.7 Å². The molecule has 3 aliphatic heterocycles. The second-order valence-corrected chi connectivity index (χ2v) is 9.76. The minimum atomic E-state index is -1.08. The predicted octanol–water partition coefficient (Wildman–Crippen LogP) is 1.39. The Morgan fingerprint density at radius 1 is 1.31 bits per heavy atom. The topological polar surface area (TPSA) is 105 Å². The van der Waals surface area contributed by atoms with Crippen molar-refractivity contribution in [2.75, 3.05) is 19.8 Å². The molecule has 8 nitrogen and oxygen atoms in total. The Kier molecular flexibility index (Phi) is 6.88. The monoisotopic (exact) mass is 508 g/mol. The van der Waals surface area contributed by atoms with Crippen LogP contribution in [-0.2, 0) is 30.4 Å². The molecule has 4 rings (SSSR count). The van der Waals surface area contributed by atoms with Crippen LogP contribution < -0.4 is 5.32 Å². The van der Waals surface area contributed by atoms with Crippen molar-refractivity contribution in [2.24, 2.45) is 11.8 Å². The summed E-state index contributed by atoms with van der Waals surface area (Å²) < 4.78 is 11.6. The molecule has 1 aromatic carbocycles. The number of aliphatic hydroxyl groups excluding tert-OH is 1. The van der Waals surface area contributed by atoms with Gasteiger partial charge in [-0.15, -0.1) is 0 Å². The average Bonchev–Trinajstić information content (AvgIpc) is 3.37. The first-order valence-corrected chi connectivity index (χ1v) is 12.1. The van der Waals surface area contributed by atoms with Crippen molar-refractivity contribution in [2.45, 2.75) is 55.3 Å². The number of likely N-dealkylation sites (tertiary alicyclic amines) is 1. The maximum absolute atomic E-state index is 13.6. The van der Waals surface area contributed by atoms with Gasteiger partial charge in [0.1, 0.15) is 11.6 Å². The molecular formula is C23H29BrN2O6. The zero-order valence-electron chi connectivity index (χ0n) is 18.0. The van der Waals surface area contributed by atoms with E-state index in [4.69, 9.17) is 9.47 Å². The molecule has 0 aromatic heterocycles. The molecule has 1 unspecified atom stereocenters. The molecule has 174 valence electrons. The van der Waals surface area contributed by atoms with E-state index in [1.165, 1.54) is 0 Å². The molecule has 3 heterocycles. The molecule has 3 fully saturated rings. The fourth-order valence-electron chi connectivity index (χ4n) is 5.45. The number of unbranched alkanes of at least 4 members (excludes halogenated alkanes) is 1. The Bertz CT molecular complexity index is 867. The average molecular weight is 509 g/mol. The number of carbonyl (C=O) groups is 3. The normalized spacial score (nSPS) is 32.8. The van der Waals surface area contributed by atoms with E-state index in [9.17, 15) is 19.5 Å². The number of halogens is 1. The number of aliphatic hydroxyl groups is 1. The zero-order valence-corrected chi connectivity index (χ0v) is 19.6. The quantitative estimate of drug-likeness (QED) is 0.296. The molecule has 1 aromatic rings. The Labute approximate surface area is 195 Å². The molecule has 32 heavy (non-hydrogen) atoms. The number of hydrogen-bond donors (Lipinski definition) is 2. The number of amides is 2. The number of nitrogens with one attached hydrogen (secondary N) is 1. The third kappa shape index (κ3) is 3.84. The Balaban J connectivity index is 1.63. The van der Waals surface area contributed by atoms with E-state index in [0.29, 0.717) is 32.4 Å². The van der Waals surface area contributed by atoms with Crippen LogP contribution in [0.4, 0.5) is 0 Å². The Morgan fingerprint density at radius 3 is 2.75 bits per heavy atom. The summed E-state index contributed by atoms with van der Waals surface area (Å²) >= 11 is 3.62. The predicted molar refractivity (Wildman–Crippen MR) is 119 cm³/mol. The third-order valence-electron chi connectivity index (χ3n) is 6.71. The molecular weight excluding hydrogens is 480 g/mol. The first kappa shape index (κ1) is 23.2. The summed E-state index contributed by atoms with van der Waals surface area (Å²) in [6.45, 7) is 2.60. The molecule has 0 saturated carbocycles. The van der Waals surface area contributed by atoms with E-state index >= 15 is 0 Å². The van der Waals surface area contributed by atoms with Crippen molar-refractivity contribution < 1.29 is 29.0 Å². The van der Waals surface area contributed by atoms with Gasteiger partial charge in [-0.2, -0.15) is 0 Å². The summed E-state index contributed by atoms with van der Waals surface area (Å²) in [4.78, 5) is 41.2. The van der Waals surface area contributed by atoms with Gasteiger partial charge in [0.25, 0.3) is 0 Å². The molecule has 2 N–H and O–H groups in total. The SMILES string of the molecule is CCOC(=O)[C@H]1[C@@H]2O[C@@]3(CC2Br)[C@@H]1C(=O)N(CCCCO)[C@@H]3C(=O)NCc1ccccc1. The number of nitrogens with zero attached hydrogens (tertiary/aromatic N) is 1. The minimum Gasteiger partial charge on any atom is -0.466 e. The molecule has 1 spiro atoms. The maximum atomic E-state index is 13.6. The van der Waals surface area contributed by atoms with Crippen molar-refractivity contribution in [1.29, 1.82) is 0 Å². The lowest BCUT2D eigenvalue weighted by Gasteiger charge is -2.34. The molecule has 2 bridgehead atoms. The molecule has 3 saturated heterocycles. The number of benzene rings is 1. The highest BCUT2D eigenvalue weighted by Crippen LogP contribution is 2.60. The lowest BCUT2D eigenvalue weighted by atomic mass is 9.70. The van der Waals surface area contributed by atoms with Gasteiger partial charge in [-0.3, -0.25) is 14.4 Å². The number of carbonyl (C=O) groups excluding carboxylic acids is 3. The van der Waals surface area contributed by atoms with Gasteiger partial charge in [0.2, 0.25) is 11.8 Å². The number of alkyl halides is 1. The van der Waals surface area contributed by atoms with Crippen LogP contribution in [0.15, 0.2) is 30.3 Å². The highest BCUT2D eigenvalue weighted by molar-refractivity contribution is 9.09. The van der Waals surface area contributed by atoms with Gasteiger partial charge in [-0.25, -0.2) is 0 Å². The zero-order chi connectivity index (χ0) is 22.9. The molecule has 0 radical (unpaired) electrons. The van der Waals surface area contributed by atoms with Crippen molar-refractivity contribution in [3.63, 3.8) is 0 Å². The van der Waals surface area contributed by atoms with E-state index in [0.717, 1.165) is 5.56 Å². The van der Waals surface area contributed by atoms with Crippen molar-refractivity contribution in [3.8, 4) is 0 Å². The lowest BCUT2D eigenvalue weighted by Crippen LogP contribution is -2.55. The second-order valence-electron chi connectivity index (χ2n) is 8.58. The van der Waals surface area contributed by atoms with E-state index < -0.39 is 35.6 Å². The van der Waals surface area contributed by atoms with E-state index in [2.05, 4.69) is 21.2 Å². The van der Waals surface area contributed by atoms with Gasteiger partial charge in [-0.1, -0.05) is 46.3 Å². The largest absolute Gasteiger partial charge is 0.466 e. The third-order valence-corrected chi connectivity index (χ3v) is 7.56. The fourth-order valence-corrected chi connectivity index (χ4v) is 6.40. The standard InChI is InChI=1S/C23H29BrN2O6/c1-2-31-22(30)16-17-21(29)26(10-6-7-11-27)19(23(17)12-15(24)18(16)32-23)20(28)25-13-14-8-4-3-5-9-14/h3-5,8-9,15-19,27H,2,6-7,10-13H2,1H3,(H,25,28)/t15?,16-,17+,18-,19-,23+/m1/s1. The van der Waals surface area contributed by atoms with Gasteiger partial charge in [-0.05, 0) is 31.7 Å². The molecule has 6 atom stereocenters. The lowest BCUT2D eigenvalue weighted by molar-refractivity contribution is -0.154. The van der Waals surface area contributed by atoms with E-state index in [1.807, 2.05) is 30.3 Å². The first-order valence-electron chi connectivity index (χ1n) is 11.2. The summed E-state index contributed by atoms with van der Waals surface area (Å²) in [5, 5.41) is 12.2. The molecule has 0 aliphatic carbocycles. The van der Waals surface area contributed by atoms with Gasteiger partial charge in [0, 0.05) is 24.5 Å². The highest BCUT2D eigenvalue weighted by Gasteiger charge is 2.76. The highest BCUT2D eigenvalue weighted by atomic mass is 79.9. The van der Waals surface area contributed by atoms with Crippen molar-refractivity contribution in [3.05, 3.63) is 35.9 Å². The van der Waals surface area contributed by atoms with Crippen LogP contribution in [0.25, 0.3) is 0 Å². The summed E-state index contributed by atoms with van der Waals surface area (Å²) in [6, 6.07) is 8.71. The maximum Gasteiger partial charge on any atom is 0.312 e. The number of fused-ring (bicyclic) bond motifs is 1. The van der Waals surface area contributed by atoms with Crippen LogP contribution in [0, 0.1) is 11.8 Å². The summed E-state index contributed by atoms with van der Waals surface area (Å²) in [6.07, 6.45) is 1.03. The van der Waals surface area contributed by atoms with Crippen LogP contribution >= 0.6 is 15.9 Å². The van der Waals surface area contributed by atoms with E-state index in [-0.39, 0.29) is 29.9 Å². The number of hydrogen-bond acceptors (Lipinski definition) is 6. The van der Waals surface area contributed by atoms with Gasteiger partial charge in [0.15, 0.2) is 0 Å². The second kappa shape index (κ2) is 9.49. The number of esters is 1. The van der Waals surface area contributed by atoms with Crippen LogP contribution in [0.3, 0.4) is 0 Å². The van der Waals surface area contributed by atoms with Crippen LogP contribution in [0.5, 0.6) is 0 Å². The van der Waals surface area contributed by atoms with Gasteiger partial charge < -0.3 is 24.8 Å². The van der Waals surface area contributed by atoms with Crippen molar-refractivity contribution >= 4 is 33.7 Å². The minimum absolute atomic E-state index is 0.00890. The summed E-state index contributed by atoms with van der Waals surface area (Å²) in [7, 11) is 0. The van der Waals surface area contributed by atoms with E-state index in [1.54, 1.807) is 11.8 Å². The Hall–Kier alpha value is -1.97. The van der Waals surface area contributed by atoms with Crippen molar-refractivity contribution in [1.82, 2.24) is 10.2 Å². The first-order chi connectivity index (χ1) is 15.4. The van der Waals surface area contributed by atoms with Crippen LogP contribution in [0.2, 0.25) is 0 Å². The smallest absolute Gasteiger partial charge is 0.312 e. The summed E-state index contributed by atoms with van der Waals surface area (Å²) in [5.41, 5.74) is -0.127. The number of rotatable bonds is 9. The molecule has 3 aliphatic rings. The van der Waals surface area contributed by atoms with Crippen LogP contribution in [-0.4, -0.2) is 70.1 Å². The number of ether oxygens (including phenoxy) is 2.